The van der Waals surface area contributed by atoms with Gasteiger partial charge in [0.15, 0.2) is 0 Å². The van der Waals surface area contributed by atoms with Gasteiger partial charge < -0.3 is 20.4 Å². The van der Waals surface area contributed by atoms with Gasteiger partial charge in [0.1, 0.15) is 11.5 Å². The Morgan fingerprint density at radius 3 is 2.35 bits per heavy atom. The van der Waals surface area contributed by atoms with Gasteiger partial charge in [0.25, 0.3) is 5.91 Å². The minimum atomic E-state index is -0.296. The minimum absolute atomic E-state index is 0.122. The van der Waals surface area contributed by atoms with E-state index in [0.717, 1.165) is 13.0 Å². The molecule has 3 N–H and O–H groups in total. The number of benzene rings is 1. The van der Waals surface area contributed by atoms with Crippen molar-refractivity contribution in [2.75, 3.05) is 27.2 Å². The Hall–Kier alpha value is -1.75. The van der Waals surface area contributed by atoms with Crippen LogP contribution in [0.5, 0.6) is 11.5 Å². The second kappa shape index (κ2) is 6.10. The van der Waals surface area contributed by atoms with Gasteiger partial charge >= 0.3 is 0 Å². The fourth-order valence-electron chi connectivity index (χ4n) is 1.43. The average Bonchev–Trinajstić information content (AvgIpc) is 2.22. The monoisotopic (exact) mass is 238 g/mol. The molecule has 0 bridgehead atoms. The predicted octanol–water partition coefficient (Wildman–Crippen LogP) is 0.779. The maximum atomic E-state index is 11.6. The van der Waals surface area contributed by atoms with Crippen molar-refractivity contribution in [1.29, 1.82) is 0 Å². The highest BCUT2D eigenvalue weighted by molar-refractivity contribution is 5.94. The average molecular weight is 238 g/mol. The number of carbonyl (C=O) groups is 1. The Morgan fingerprint density at radius 1 is 1.24 bits per heavy atom. The minimum Gasteiger partial charge on any atom is -0.508 e. The maximum Gasteiger partial charge on any atom is 0.251 e. The second-order valence-corrected chi connectivity index (χ2v) is 4.15. The maximum absolute atomic E-state index is 11.6. The normalized spacial score (nSPS) is 10.5. The number of carbonyl (C=O) groups excluding carboxylic acids is 1. The summed E-state index contributed by atoms with van der Waals surface area (Å²) in [5.41, 5.74) is 0.257. The molecule has 5 heteroatoms. The van der Waals surface area contributed by atoms with Crippen LogP contribution in [0, 0.1) is 0 Å². The Morgan fingerprint density at radius 2 is 1.82 bits per heavy atom. The Kier molecular flexibility index (Phi) is 4.78. The summed E-state index contributed by atoms with van der Waals surface area (Å²) in [5, 5.41) is 21.2. The molecule has 1 rings (SSSR count). The molecule has 0 spiro atoms. The van der Waals surface area contributed by atoms with Gasteiger partial charge in [0.05, 0.1) is 0 Å². The van der Waals surface area contributed by atoms with E-state index in [4.69, 9.17) is 0 Å². The van der Waals surface area contributed by atoms with Crippen molar-refractivity contribution >= 4 is 5.91 Å². The summed E-state index contributed by atoms with van der Waals surface area (Å²) in [6.45, 7) is 1.46. The third kappa shape index (κ3) is 4.74. The summed E-state index contributed by atoms with van der Waals surface area (Å²) in [5.74, 6) is -0.540. The van der Waals surface area contributed by atoms with E-state index in [1.54, 1.807) is 0 Å². The fourth-order valence-corrected chi connectivity index (χ4v) is 1.43. The number of aromatic hydroxyl groups is 2. The quantitative estimate of drug-likeness (QED) is 0.663. The van der Waals surface area contributed by atoms with Crippen molar-refractivity contribution in [3.05, 3.63) is 23.8 Å². The number of hydrogen-bond acceptors (Lipinski definition) is 4. The molecule has 0 fully saturated rings. The highest BCUT2D eigenvalue weighted by Gasteiger charge is 2.07. The number of nitrogens with zero attached hydrogens (tertiary/aromatic N) is 1. The van der Waals surface area contributed by atoms with Crippen molar-refractivity contribution in [2.24, 2.45) is 0 Å². The van der Waals surface area contributed by atoms with E-state index >= 15 is 0 Å². The molecule has 1 aromatic rings. The number of rotatable bonds is 5. The first-order valence-corrected chi connectivity index (χ1v) is 5.45. The molecule has 5 nitrogen and oxygen atoms in total. The zero-order valence-electron chi connectivity index (χ0n) is 10.1. The van der Waals surface area contributed by atoms with E-state index < -0.39 is 0 Å². The first-order valence-electron chi connectivity index (χ1n) is 5.45. The number of nitrogens with one attached hydrogen (secondary N) is 1. The van der Waals surface area contributed by atoms with E-state index in [9.17, 15) is 15.0 Å². The number of hydrogen-bond donors (Lipinski definition) is 3. The van der Waals surface area contributed by atoms with Crippen LogP contribution in [0.3, 0.4) is 0 Å². The molecule has 0 radical (unpaired) electrons. The SMILES string of the molecule is CN(C)CCCNC(=O)c1cc(O)cc(O)c1. The highest BCUT2D eigenvalue weighted by Crippen LogP contribution is 2.20. The first-order chi connectivity index (χ1) is 7.99. The summed E-state index contributed by atoms with van der Waals surface area (Å²) < 4.78 is 0. The van der Waals surface area contributed by atoms with Crippen LogP contribution in [0.15, 0.2) is 18.2 Å². The van der Waals surface area contributed by atoms with Gasteiger partial charge in [0.2, 0.25) is 0 Å². The van der Waals surface area contributed by atoms with Crippen LogP contribution >= 0.6 is 0 Å². The van der Waals surface area contributed by atoms with Gasteiger partial charge in [-0.1, -0.05) is 0 Å². The molecule has 0 unspecified atom stereocenters. The number of phenolic OH excluding ortho intramolecular Hbond substituents is 2. The van der Waals surface area contributed by atoms with E-state index in [1.165, 1.54) is 18.2 Å². The van der Waals surface area contributed by atoms with Crippen molar-refractivity contribution in [1.82, 2.24) is 10.2 Å². The van der Waals surface area contributed by atoms with Gasteiger partial charge in [0, 0.05) is 18.2 Å². The summed E-state index contributed by atoms with van der Waals surface area (Å²) >= 11 is 0. The largest absolute Gasteiger partial charge is 0.508 e. The highest BCUT2D eigenvalue weighted by atomic mass is 16.3. The molecule has 0 aliphatic heterocycles. The number of amides is 1. The molecule has 94 valence electrons. The molecule has 0 aliphatic rings. The molecule has 0 saturated carbocycles. The van der Waals surface area contributed by atoms with Crippen molar-refractivity contribution in [3.8, 4) is 11.5 Å². The lowest BCUT2D eigenvalue weighted by Crippen LogP contribution is -2.27. The third-order valence-corrected chi connectivity index (χ3v) is 2.23. The van der Waals surface area contributed by atoms with Crippen molar-refractivity contribution in [3.63, 3.8) is 0 Å². The Balaban J connectivity index is 2.47. The zero-order valence-corrected chi connectivity index (χ0v) is 10.1. The molecule has 1 amide bonds. The lowest BCUT2D eigenvalue weighted by Gasteiger charge is -2.10. The van der Waals surface area contributed by atoms with Crippen LogP contribution in [0.4, 0.5) is 0 Å². The molecule has 0 heterocycles. The van der Waals surface area contributed by atoms with Crippen LogP contribution in [-0.2, 0) is 0 Å². The smallest absolute Gasteiger partial charge is 0.251 e. The molecule has 0 saturated heterocycles. The van der Waals surface area contributed by atoms with Crippen LogP contribution in [0.2, 0.25) is 0 Å². The lowest BCUT2D eigenvalue weighted by atomic mass is 10.2. The molecule has 1 aromatic carbocycles. The van der Waals surface area contributed by atoms with Crippen LogP contribution < -0.4 is 5.32 Å². The molecule has 0 aromatic heterocycles. The van der Waals surface area contributed by atoms with Crippen molar-refractivity contribution < 1.29 is 15.0 Å². The van der Waals surface area contributed by atoms with Crippen LogP contribution in [0.25, 0.3) is 0 Å². The van der Waals surface area contributed by atoms with Crippen molar-refractivity contribution in [2.45, 2.75) is 6.42 Å². The molecular formula is C12H18N2O3. The van der Waals surface area contributed by atoms with Gasteiger partial charge in [-0.15, -0.1) is 0 Å². The molecule has 0 atom stereocenters. The van der Waals surface area contributed by atoms with E-state index in [-0.39, 0.29) is 23.0 Å². The van der Waals surface area contributed by atoms with E-state index in [2.05, 4.69) is 5.32 Å². The summed E-state index contributed by atoms with van der Waals surface area (Å²) in [6, 6.07) is 3.82. The molecule has 17 heavy (non-hydrogen) atoms. The second-order valence-electron chi connectivity index (χ2n) is 4.15. The Labute approximate surface area is 101 Å². The third-order valence-electron chi connectivity index (χ3n) is 2.23. The molecule has 0 aliphatic carbocycles. The summed E-state index contributed by atoms with van der Waals surface area (Å²) in [7, 11) is 3.93. The standard InChI is InChI=1S/C12H18N2O3/c1-14(2)5-3-4-13-12(17)9-6-10(15)8-11(16)7-9/h6-8,15-16H,3-5H2,1-2H3,(H,13,17). The summed E-state index contributed by atoms with van der Waals surface area (Å²) in [4.78, 5) is 13.7. The van der Waals surface area contributed by atoms with E-state index in [0.29, 0.717) is 6.54 Å². The topological polar surface area (TPSA) is 72.8 Å². The predicted molar refractivity (Wildman–Crippen MR) is 65.3 cm³/mol. The van der Waals surface area contributed by atoms with Crippen LogP contribution in [0.1, 0.15) is 16.8 Å². The zero-order chi connectivity index (χ0) is 12.8. The van der Waals surface area contributed by atoms with Gasteiger partial charge in [-0.2, -0.15) is 0 Å². The first kappa shape index (κ1) is 13.3. The van der Waals surface area contributed by atoms with Gasteiger partial charge in [-0.25, -0.2) is 0 Å². The van der Waals surface area contributed by atoms with Gasteiger partial charge in [-0.05, 0) is 39.2 Å². The summed E-state index contributed by atoms with van der Waals surface area (Å²) in [6.07, 6.45) is 0.851. The van der Waals surface area contributed by atoms with Gasteiger partial charge in [-0.3, -0.25) is 4.79 Å². The Bertz CT molecular complexity index is 371. The molecular weight excluding hydrogens is 220 g/mol. The number of phenols is 2. The lowest BCUT2D eigenvalue weighted by molar-refractivity contribution is 0.0951. The van der Waals surface area contributed by atoms with E-state index in [1.807, 2.05) is 19.0 Å². The van der Waals surface area contributed by atoms with Crippen LogP contribution in [-0.4, -0.2) is 48.2 Å². The fraction of sp³-hybridized carbons (Fsp3) is 0.417.